The molecule has 1 rings (SSSR count). The predicted molar refractivity (Wildman–Crippen MR) is 71.3 cm³/mol. The maximum absolute atomic E-state index is 5.59. The van der Waals surface area contributed by atoms with Gasteiger partial charge in [-0.2, -0.15) is 0 Å². The first-order valence-corrected chi connectivity index (χ1v) is 6.58. The summed E-state index contributed by atoms with van der Waals surface area (Å²) in [5.74, 6) is 0.851. The zero-order chi connectivity index (χ0) is 11.8. The van der Waals surface area contributed by atoms with E-state index in [0.717, 1.165) is 5.92 Å². The molecule has 90 valence electrons. The maximum Gasteiger partial charge on any atom is 0.0178 e. The number of hydrogen-bond acceptors (Lipinski definition) is 1. The fraction of sp³-hybridized carbons (Fsp3) is 0.600. The van der Waals surface area contributed by atoms with E-state index in [2.05, 4.69) is 38.1 Å². The standard InChI is InChI=1S/C15H25N/c1-3-5-6-13(4-2)11-14-7-9-15(12-16)10-8-14/h7-10,13H,3-6,11-12,16H2,1-2H3. The van der Waals surface area contributed by atoms with Crippen LogP contribution in [-0.2, 0) is 13.0 Å². The van der Waals surface area contributed by atoms with Crippen molar-refractivity contribution in [1.82, 2.24) is 0 Å². The Hall–Kier alpha value is -0.820. The van der Waals surface area contributed by atoms with Crippen molar-refractivity contribution in [1.29, 1.82) is 0 Å². The molecular formula is C15H25N. The van der Waals surface area contributed by atoms with Crippen molar-refractivity contribution in [2.75, 3.05) is 0 Å². The molecule has 0 spiro atoms. The van der Waals surface area contributed by atoms with Gasteiger partial charge in [-0.3, -0.25) is 0 Å². The van der Waals surface area contributed by atoms with Gasteiger partial charge in [-0.05, 0) is 23.5 Å². The van der Waals surface area contributed by atoms with E-state index in [0.29, 0.717) is 6.54 Å². The van der Waals surface area contributed by atoms with Crippen LogP contribution in [0.2, 0.25) is 0 Å². The SMILES string of the molecule is CCCCC(CC)Cc1ccc(CN)cc1. The average Bonchev–Trinajstić information content (AvgIpc) is 2.35. The van der Waals surface area contributed by atoms with Crippen LogP contribution in [-0.4, -0.2) is 0 Å². The molecule has 0 fully saturated rings. The molecule has 0 aliphatic rings. The number of nitrogens with two attached hydrogens (primary N) is 1. The minimum Gasteiger partial charge on any atom is -0.326 e. The minimum absolute atomic E-state index is 0.646. The number of benzene rings is 1. The molecule has 0 aliphatic heterocycles. The van der Waals surface area contributed by atoms with Crippen LogP contribution >= 0.6 is 0 Å². The van der Waals surface area contributed by atoms with Gasteiger partial charge >= 0.3 is 0 Å². The lowest BCUT2D eigenvalue weighted by Gasteiger charge is -2.14. The molecule has 0 radical (unpaired) electrons. The Labute approximate surface area is 100 Å². The molecule has 0 saturated carbocycles. The molecule has 1 unspecified atom stereocenters. The Bertz CT molecular complexity index is 276. The van der Waals surface area contributed by atoms with Crippen molar-refractivity contribution < 1.29 is 0 Å². The third-order valence-corrected chi connectivity index (χ3v) is 3.33. The van der Waals surface area contributed by atoms with E-state index in [1.165, 1.54) is 43.2 Å². The lowest BCUT2D eigenvalue weighted by atomic mass is 9.92. The van der Waals surface area contributed by atoms with Crippen LogP contribution in [0.1, 0.15) is 50.7 Å². The molecular weight excluding hydrogens is 194 g/mol. The summed E-state index contributed by atoms with van der Waals surface area (Å²) in [5.41, 5.74) is 8.28. The predicted octanol–water partition coefficient (Wildman–Crippen LogP) is 3.90. The Morgan fingerprint density at radius 1 is 1.06 bits per heavy atom. The van der Waals surface area contributed by atoms with E-state index < -0.39 is 0 Å². The highest BCUT2D eigenvalue weighted by molar-refractivity contribution is 5.22. The van der Waals surface area contributed by atoms with Gasteiger partial charge in [0, 0.05) is 6.54 Å². The van der Waals surface area contributed by atoms with Gasteiger partial charge in [-0.15, -0.1) is 0 Å². The highest BCUT2D eigenvalue weighted by Gasteiger charge is 2.06. The van der Waals surface area contributed by atoms with E-state index in [9.17, 15) is 0 Å². The monoisotopic (exact) mass is 219 g/mol. The van der Waals surface area contributed by atoms with Gasteiger partial charge in [0.2, 0.25) is 0 Å². The summed E-state index contributed by atoms with van der Waals surface area (Å²) in [6, 6.07) is 8.78. The molecule has 0 saturated heterocycles. The molecule has 0 heterocycles. The summed E-state index contributed by atoms with van der Waals surface area (Å²) >= 11 is 0. The molecule has 0 aromatic heterocycles. The van der Waals surface area contributed by atoms with Crippen LogP contribution in [0.15, 0.2) is 24.3 Å². The minimum atomic E-state index is 0.646. The van der Waals surface area contributed by atoms with Crippen molar-refractivity contribution in [2.24, 2.45) is 11.7 Å². The summed E-state index contributed by atoms with van der Waals surface area (Å²) in [7, 11) is 0. The topological polar surface area (TPSA) is 26.0 Å². The normalized spacial score (nSPS) is 12.7. The van der Waals surface area contributed by atoms with Crippen molar-refractivity contribution in [3.05, 3.63) is 35.4 Å². The fourth-order valence-corrected chi connectivity index (χ4v) is 2.09. The van der Waals surface area contributed by atoms with E-state index in [1.807, 2.05) is 0 Å². The van der Waals surface area contributed by atoms with Crippen LogP contribution < -0.4 is 5.73 Å². The van der Waals surface area contributed by atoms with Crippen LogP contribution in [0.4, 0.5) is 0 Å². The van der Waals surface area contributed by atoms with E-state index in [-0.39, 0.29) is 0 Å². The third kappa shape index (κ3) is 4.36. The lowest BCUT2D eigenvalue weighted by molar-refractivity contribution is 0.449. The highest BCUT2D eigenvalue weighted by atomic mass is 14.5. The fourth-order valence-electron chi connectivity index (χ4n) is 2.09. The smallest absolute Gasteiger partial charge is 0.0178 e. The molecule has 0 amide bonds. The van der Waals surface area contributed by atoms with Crippen LogP contribution in [0.25, 0.3) is 0 Å². The zero-order valence-electron chi connectivity index (χ0n) is 10.7. The van der Waals surface area contributed by atoms with E-state index >= 15 is 0 Å². The lowest BCUT2D eigenvalue weighted by Crippen LogP contribution is -2.04. The summed E-state index contributed by atoms with van der Waals surface area (Å²) in [4.78, 5) is 0. The summed E-state index contributed by atoms with van der Waals surface area (Å²) in [5, 5.41) is 0. The average molecular weight is 219 g/mol. The third-order valence-electron chi connectivity index (χ3n) is 3.33. The van der Waals surface area contributed by atoms with Crippen molar-refractivity contribution in [2.45, 2.75) is 52.5 Å². The zero-order valence-corrected chi connectivity index (χ0v) is 10.7. The quantitative estimate of drug-likeness (QED) is 0.739. The first kappa shape index (κ1) is 13.2. The second-order valence-corrected chi connectivity index (χ2v) is 4.64. The van der Waals surface area contributed by atoms with Crippen LogP contribution in [0.3, 0.4) is 0 Å². The highest BCUT2D eigenvalue weighted by Crippen LogP contribution is 2.18. The Morgan fingerprint density at radius 3 is 2.19 bits per heavy atom. The molecule has 16 heavy (non-hydrogen) atoms. The maximum atomic E-state index is 5.59. The number of hydrogen-bond donors (Lipinski definition) is 1. The Kier molecular flexibility index (Phi) is 6.17. The number of rotatable bonds is 7. The Balaban J connectivity index is 2.49. The largest absolute Gasteiger partial charge is 0.326 e. The van der Waals surface area contributed by atoms with E-state index in [1.54, 1.807) is 0 Å². The van der Waals surface area contributed by atoms with Gasteiger partial charge in [-0.1, -0.05) is 63.8 Å². The van der Waals surface area contributed by atoms with Crippen LogP contribution in [0, 0.1) is 5.92 Å². The second kappa shape index (κ2) is 7.45. The van der Waals surface area contributed by atoms with Crippen molar-refractivity contribution in [3.8, 4) is 0 Å². The van der Waals surface area contributed by atoms with Gasteiger partial charge in [-0.25, -0.2) is 0 Å². The molecule has 0 aliphatic carbocycles. The van der Waals surface area contributed by atoms with E-state index in [4.69, 9.17) is 5.73 Å². The summed E-state index contributed by atoms with van der Waals surface area (Å²) < 4.78 is 0. The van der Waals surface area contributed by atoms with Gasteiger partial charge in [0.25, 0.3) is 0 Å². The van der Waals surface area contributed by atoms with Gasteiger partial charge in [0.15, 0.2) is 0 Å². The molecule has 1 atom stereocenters. The molecule has 1 nitrogen and oxygen atoms in total. The number of unbranched alkanes of at least 4 members (excludes halogenated alkanes) is 1. The van der Waals surface area contributed by atoms with Gasteiger partial charge in [0.1, 0.15) is 0 Å². The Morgan fingerprint density at radius 2 is 1.69 bits per heavy atom. The van der Waals surface area contributed by atoms with Crippen LogP contribution in [0.5, 0.6) is 0 Å². The molecule has 1 aromatic rings. The molecule has 0 bridgehead atoms. The molecule has 2 N–H and O–H groups in total. The van der Waals surface area contributed by atoms with Gasteiger partial charge < -0.3 is 5.73 Å². The molecule has 1 heteroatoms. The van der Waals surface area contributed by atoms with Crippen molar-refractivity contribution in [3.63, 3.8) is 0 Å². The van der Waals surface area contributed by atoms with Crippen molar-refractivity contribution >= 4 is 0 Å². The summed E-state index contributed by atoms with van der Waals surface area (Å²) in [6.07, 6.45) is 6.55. The first-order valence-electron chi connectivity index (χ1n) is 6.58. The summed E-state index contributed by atoms with van der Waals surface area (Å²) in [6.45, 7) is 5.21. The van der Waals surface area contributed by atoms with Gasteiger partial charge in [0.05, 0.1) is 0 Å². The second-order valence-electron chi connectivity index (χ2n) is 4.64. The molecule has 1 aromatic carbocycles. The first-order chi connectivity index (χ1) is 7.80.